The van der Waals surface area contributed by atoms with E-state index in [4.69, 9.17) is 9.15 Å². The lowest BCUT2D eigenvalue weighted by Crippen LogP contribution is -2.29. The zero-order valence-electron chi connectivity index (χ0n) is 13.6. The number of ether oxygens (including phenoxy) is 1. The number of carbonyl (C=O) groups is 1. The predicted molar refractivity (Wildman–Crippen MR) is 86.8 cm³/mol. The van der Waals surface area contributed by atoms with E-state index in [1.165, 1.54) is 6.26 Å². The molecule has 0 aliphatic carbocycles. The van der Waals surface area contributed by atoms with E-state index in [0.29, 0.717) is 24.7 Å². The summed E-state index contributed by atoms with van der Waals surface area (Å²) in [6.45, 7) is 3.08. The van der Waals surface area contributed by atoms with Crippen LogP contribution in [0.3, 0.4) is 0 Å². The molecular weight excluding hydrogens is 308 g/mol. The molecule has 2 aromatic rings. The molecule has 0 spiro atoms. The third-order valence-corrected chi connectivity index (χ3v) is 4.72. The minimum Gasteiger partial charge on any atom is -0.447 e. The number of hydrogen-bond acceptors (Lipinski definition) is 6. The molecule has 1 saturated heterocycles. The second kappa shape index (κ2) is 6.33. The summed E-state index contributed by atoms with van der Waals surface area (Å²) in [5.74, 6) is 0.439. The van der Waals surface area contributed by atoms with Gasteiger partial charge in [0.05, 0.1) is 24.5 Å². The molecule has 2 aliphatic rings. The van der Waals surface area contributed by atoms with E-state index in [2.05, 4.69) is 14.9 Å². The number of hydrogen-bond donors (Lipinski definition) is 0. The van der Waals surface area contributed by atoms with Crippen LogP contribution in [0.1, 0.15) is 28.4 Å². The highest BCUT2D eigenvalue weighted by molar-refractivity contribution is 6.05. The normalized spacial score (nSPS) is 20.5. The average molecular weight is 328 g/mol. The Hall–Kier alpha value is -2.25. The number of likely N-dealkylation sites (tertiary alicyclic amines) is 1. The molecule has 126 valence electrons. The number of pyridine rings is 1. The molecule has 1 atom stereocenters. The van der Waals surface area contributed by atoms with E-state index in [0.717, 1.165) is 37.2 Å². The van der Waals surface area contributed by atoms with Crippen molar-refractivity contribution in [2.75, 3.05) is 31.6 Å². The van der Waals surface area contributed by atoms with Crippen LogP contribution in [0.25, 0.3) is 0 Å². The minimum atomic E-state index is -0.132. The van der Waals surface area contributed by atoms with Crippen LogP contribution in [0.4, 0.5) is 5.69 Å². The molecule has 4 heterocycles. The summed E-state index contributed by atoms with van der Waals surface area (Å²) in [6.07, 6.45) is 7.08. The van der Waals surface area contributed by atoms with Crippen molar-refractivity contribution in [3.63, 3.8) is 0 Å². The fourth-order valence-corrected chi connectivity index (χ4v) is 3.38. The summed E-state index contributed by atoms with van der Waals surface area (Å²) >= 11 is 0. The van der Waals surface area contributed by atoms with E-state index in [-0.39, 0.29) is 12.0 Å². The van der Waals surface area contributed by atoms with Crippen molar-refractivity contribution in [3.8, 4) is 0 Å². The van der Waals surface area contributed by atoms with Gasteiger partial charge < -0.3 is 14.1 Å². The number of nitrogens with zero attached hydrogens (tertiary/aromatic N) is 4. The number of aromatic nitrogens is 2. The van der Waals surface area contributed by atoms with Crippen LogP contribution in [0.5, 0.6) is 0 Å². The Bertz CT molecular complexity index is 745. The lowest BCUT2D eigenvalue weighted by atomic mass is 10.2. The summed E-state index contributed by atoms with van der Waals surface area (Å²) in [6, 6.07) is 1.95. The number of rotatable bonds is 4. The van der Waals surface area contributed by atoms with Gasteiger partial charge in [0, 0.05) is 32.9 Å². The van der Waals surface area contributed by atoms with Crippen molar-refractivity contribution in [3.05, 3.63) is 41.9 Å². The fraction of sp³-hybridized carbons (Fsp3) is 0.471. The molecule has 0 aromatic carbocycles. The van der Waals surface area contributed by atoms with E-state index in [1.807, 2.05) is 6.07 Å². The molecule has 0 N–H and O–H groups in total. The van der Waals surface area contributed by atoms with E-state index in [9.17, 15) is 4.79 Å². The molecule has 2 aromatic heterocycles. The van der Waals surface area contributed by atoms with Crippen molar-refractivity contribution >= 4 is 11.6 Å². The van der Waals surface area contributed by atoms with Crippen LogP contribution in [-0.2, 0) is 17.7 Å². The summed E-state index contributed by atoms with van der Waals surface area (Å²) in [7, 11) is 1.73. The molecule has 2 aliphatic heterocycles. The number of methoxy groups -OCH3 is 1. The molecule has 4 rings (SSSR count). The molecule has 0 radical (unpaired) electrons. The topological polar surface area (TPSA) is 71.7 Å². The number of amides is 1. The molecule has 1 unspecified atom stereocenters. The monoisotopic (exact) mass is 328 g/mol. The summed E-state index contributed by atoms with van der Waals surface area (Å²) in [5, 5.41) is 0. The van der Waals surface area contributed by atoms with Gasteiger partial charge in [0.2, 0.25) is 5.89 Å². The van der Waals surface area contributed by atoms with Crippen LogP contribution in [0.15, 0.2) is 29.1 Å². The van der Waals surface area contributed by atoms with Crippen molar-refractivity contribution in [1.29, 1.82) is 0 Å². The van der Waals surface area contributed by atoms with Gasteiger partial charge in [0.25, 0.3) is 5.91 Å². The van der Waals surface area contributed by atoms with Gasteiger partial charge in [-0.05, 0) is 24.5 Å². The molecule has 1 amide bonds. The number of oxazole rings is 1. The lowest BCUT2D eigenvalue weighted by Gasteiger charge is -2.15. The second-order valence-corrected chi connectivity index (χ2v) is 6.22. The number of fused-ring (bicyclic) bond motifs is 1. The highest BCUT2D eigenvalue weighted by atomic mass is 16.5. The first-order valence-corrected chi connectivity index (χ1v) is 8.19. The fourth-order valence-electron chi connectivity index (χ4n) is 3.38. The first-order chi connectivity index (χ1) is 11.7. The molecular formula is C17H20N4O3. The molecule has 1 fully saturated rings. The Morgan fingerprint density at radius 2 is 2.38 bits per heavy atom. The first kappa shape index (κ1) is 15.3. The predicted octanol–water partition coefficient (Wildman–Crippen LogP) is 1.49. The second-order valence-electron chi connectivity index (χ2n) is 6.22. The zero-order chi connectivity index (χ0) is 16.5. The van der Waals surface area contributed by atoms with Crippen LogP contribution >= 0.6 is 0 Å². The van der Waals surface area contributed by atoms with Gasteiger partial charge in [-0.1, -0.05) is 0 Å². The molecule has 7 nitrogen and oxygen atoms in total. The van der Waals surface area contributed by atoms with Crippen molar-refractivity contribution < 1.29 is 13.9 Å². The zero-order valence-corrected chi connectivity index (χ0v) is 13.6. The van der Waals surface area contributed by atoms with E-state index >= 15 is 0 Å². The number of anilines is 1. The maximum atomic E-state index is 12.7. The Morgan fingerprint density at radius 3 is 3.21 bits per heavy atom. The third kappa shape index (κ3) is 2.81. The maximum absolute atomic E-state index is 12.7. The SMILES string of the molecule is COC1CCN(Cc2nc(C(=O)N3CCc4ccncc43)co2)C1. The largest absolute Gasteiger partial charge is 0.447 e. The van der Waals surface area contributed by atoms with E-state index < -0.39 is 0 Å². The highest BCUT2D eigenvalue weighted by Crippen LogP contribution is 2.28. The van der Waals surface area contributed by atoms with Gasteiger partial charge in [-0.15, -0.1) is 0 Å². The van der Waals surface area contributed by atoms with Gasteiger partial charge in [0.15, 0.2) is 5.69 Å². The molecule has 0 bridgehead atoms. The minimum absolute atomic E-state index is 0.132. The molecule has 24 heavy (non-hydrogen) atoms. The van der Waals surface area contributed by atoms with Gasteiger partial charge >= 0.3 is 0 Å². The smallest absolute Gasteiger partial charge is 0.280 e. The van der Waals surface area contributed by atoms with Crippen molar-refractivity contribution in [2.24, 2.45) is 0 Å². The quantitative estimate of drug-likeness (QED) is 0.847. The Balaban J connectivity index is 1.44. The van der Waals surface area contributed by atoms with Gasteiger partial charge in [-0.25, -0.2) is 4.98 Å². The van der Waals surface area contributed by atoms with Crippen LogP contribution in [-0.4, -0.2) is 53.6 Å². The molecule has 0 saturated carbocycles. The Kier molecular flexibility index (Phi) is 4.03. The maximum Gasteiger partial charge on any atom is 0.280 e. The first-order valence-electron chi connectivity index (χ1n) is 8.19. The van der Waals surface area contributed by atoms with Crippen LogP contribution in [0.2, 0.25) is 0 Å². The Labute approximate surface area is 140 Å². The summed E-state index contributed by atoms with van der Waals surface area (Å²) in [5.41, 5.74) is 2.36. The Morgan fingerprint density at radius 1 is 1.46 bits per heavy atom. The van der Waals surface area contributed by atoms with Gasteiger partial charge in [-0.2, -0.15) is 0 Å². The van der Waals surface area contributed by atoms with Crippen molar-refractivity contribution in [2.45, 2.75) is 25.5 Å². The average Bonchev–Trinajstić information content (AvgIpc) is 3.34. The summed E-state index contributed by atoms with van der Waals surface area (Å²) < 4.78 is 10.9. The van der Waals surface area contributed by atoms with Gasteiger partial charge in [0.1, 0.15) is 6.26 Å². The van der Waals surface area contributed by atoms with Gasteiger partial charge in [-0.3, -0.25) is 14.7 Å². The number of carbonyl (C=O) groups excluding carboxylic acids is 1. The van der Waals surface area contributed by atoms with Crippen LogP contribution < -0.4 is 4.90 Å². The third-order valence-electron chi connectivity index (χ3n) is 4.72. The van der Waals surface area contributed by atoms with Crippen LogP contribution in [0, 0.1) is 0 Å². The van der Waals surface area contributed by atoms with Crippen molar-refractivity contribution in [1.82, 2.24) is 14.9 Å². The molecule has 7 heteroatoms. The standard InChI is InChI=1S/C17H20N4O3/c1-23-13-4-6-20(9-13)10-16-19-14(11-24-16)17(22)21-7-3-12-2-5-18-8-15(12)21/h2,5,8,11,13H,3-4,6-7,9-10H2,1H3. The lowest BCUT2D eigenvalue weighted by molar-refractivity contribution is 0.0984. The highest BCUT2D eigenvalue weighted by Gasteiger charge is 2.28. The summed E-state index contributed by atoms with van der Waals surface area (Å²) in [4.78, 5) is 25.1. The van der Waals surface area contributed by atoms with E-state index in [1.54, 1.807) is 24.4 Å².